The van der Waals surface area contributed by atoms with E-state index >= 15 is 0 Å². The van der Waals surface area contributed by atoms with E-state index in [2.05, 4.69) is 102 Å². The van der Waals surface area contributed by atoms with E-state index in [1.807, 2.05) is 30.6 Å². The van der Waals surface area contributed by atoms with E-state index in [0.717, 1.165) is 23.3 Å². The number of nitrogens with zero attached hydrogens (tertiary/aromatic N) is 2. The number of hydrogen-bond acceptors (Lipinski definition) is 2. The van der Waals surface area contributed by atoms with Crippen LogP contribution in [0.2, 0.25) is 0 Å². The summed E-state index contributed by atoms with van der Waals surface area (Å²) in [6.45, 7) is 7.15. The lowest BCUT2D eigenvalue weighted by molar-refractivity contribution is 0.773. The third-order valence-electron chi connectivity index (χ3n) is 6.07. The Morgan fingerprint density at radius 2 is 1.77 bits per heavy atom. The van der Waals surface area contributed by atoms with Gasteiger partial charge in [0.2, 0.25) is 0 Å². The second kappa shape index (κ2) is 11.8. The topological polar surface area (TPSA) is 33.6 Å². The number of allylic oxidation sites excluding steroid dienone is 4. The zero-order chi connectivity index (χ0) is 24.6. The van der Waals surface area contributed by atoms with Gasteiger partial charge in [-0.05, 0) is 60.4 Å². The highest BCUT2D eigenvalue weighted by Crippen LogP contribution is 2.34. The first kappa shape index (κ1) is 24.6. The molecule has 0 amide bonds. The highest BCUT2D eigenvalue weighted by atomic mass is 32.1. The maximum absolute atomic E-state index is 5.37. The van der Waals surface area contributed by atoms with Crippen molar-refractivity contribution < 1.29 is 0 Å². The number of rotatable bonds is 5. The first-order valence-corrected chi connectivity index (χ1v) is 12.7. The molecule has 0 aliphatic heterocycles. The minimum atomic E-state index is 0.372. The fourth-order valence-corrected chi connectivity index (χ4v) is 4.60. The van der Waals surface area contributed by atoms with Gasteiger partial charge in [0.15, 0.2) is 0 Å². The molecule has 0 saturated heterocycles. The molecule has 1 aromatic carbocycles. The Hall–Kier alpha value is -3.50. The van der Waals surface area contributed by atoms with Crippen molar-refractivity contribution in [3.8, 4) is 11.3 Å². The summed E-state index contributed by atoms with van der Waals surface area (Å²) < 4.78 is 3.15. The largest absolute Gasteiger partial charge is 0.348 e. The van der Waals surface area contributed by atoms with Crippen molar-refractivity contribution in [3.63, 3.8) is 0 Å². The molecule has 5 rings (SSSR count). The highest BCUT2D eigenvalue weighted by Gasteiger charge is 2.17. The van der Waals surface area contributed by atoms with E-state index in [9.17, 15) is 0 Å². The van der Waals surface area contributed by atoms with Crippen LogP contribution in [0.3, 0.4) is 0 Å². The Kier molecular flexibility index (Phi) is 8.27. The molecule has 3 heterocycles. The number of pyridine rings is 2. The van der Waals surface area contributed by atoms with Crippen LogP contribution in [0.5, 0.6) is 0 Å². The SMILES string of the molecule is CCC.Cc1ccccc1-c1ccc(C2=CCC(c3cccnc3)C=C2)n1Cc1cccc(=S)[nH]1. The van der Waals surface area contributed by atoms with Gasteiger partial charge in [-0.1, -0.05) is 87.1 Å². The molecule has 1 N–H and O–H groups in total. The normalized spacial score (nSPS) is 14.7. The van der Waals surface area contributed by atoms with Gasteiger partial charge in [0.1, 0.15) is 4.64 Å². The van der Waals surface area contributed by atoms with Crippen LogP contribution in [0.25, 0.3) is 16.8 Å². The van der Waals surface area contributed by atoms with E-state index < -0.39 is 0 Å². The first-order valence-electron chi connectivity index (χ1n) is 12.3. The van der Waals surface area contributed by atoms with E-state index in [4.69, 9.17) is 12.2 Å². The van der Waals surface area contributed by atoms with Gasteiger partial charge in [0.25, 0.3) is 0 Å². The molecule has 0 fully saturated rings. The van der Waals surface area contributed by atoms with Gasteiger partial charge in [-0.3, -0.25) is 4.98 Å². The molecule has 4 aromatic rings. The number of aromatic nitrogens is 3. The maximum atomic E-state index is 5.37. The summed E-state index contributed by atoms with van der Waals surface area (Å²) in [7, 11) is 0. The van der Waals surface area contributed by atoms with Crippen molar-refractivity contribution in [2.75, 3.05) is 0 Å². The third kappa shape index (κ3) is 5.95. The molecule has 1 unspecified atom stereocenters. The predicted molar refractivity (Wildman–Crippen MR) is 150 cm³/mol. The van der Waals surface area contributed by atoms with Crippen LogP contribution in [-0.2, 0) is 6.54 Å². The van der Waals surface area contributed by atoms with Crippen molar-refractivity contribution in [2.24, 2.45) is 0 Å². The molecule has 0 saturated carbocycles. The van der Waals surface area contributed by atoms with Crippen molar-refractivity contribution in [2.45, 2.75) is 46.1 Å². The summed E-state index contributed by atoms with van der Waals surface area (Å²) in [6.07, 6.45) is 12.9. The number of nitrogens with one attached hydrogen (secondary N) is 1. The molecule has 3 aromatic heterocycles. The van der Waals surface area contributed by atoms with Gasteiger partial charge in [-0.15, -0.1) is 0 Å². The second-order valence-electron chi connectivity index (χ2n) is 8.90. The summed E-state index contributed by atoms with van der Waals surface area (Å²) in [5.74, 6) is 0.372. The molecular weight excluding hydrogens is 446 g/mol. The Balaban J connectivity index is 0.000000917. The quantitative estimate of drug-likeness (QED) is 0.291. The molecular formula is C31H33N3S. The fraction of sp³-hybridized carbons (Fsp3) is 0.226. The number of aryl methyl sites for hydroxylation is 1. The van der Waals surface area contributed by atoms with Crippen molar-refractivity contribution in [1.82, 2.24) is 14.5 Å². The smallest absolute Gasteiger partial charge is 0.103 e. The first-order chi connectivity index (χ1) is 17.1. The lowest BCUT2D eigenvalue weighted by Crippen LogP contribution is -2.08. The average molecular weight is 480 g/mol. The second-order valence-corrected chi connectivity index (χ2v) is 9.34. The molecule has 1 aliphatic carbocycles. The predicted octanol–water partition coefficient (Wildman–Crippen LogP) is 8.51. The average Bonchev–Trinajstić information content (AvgIpc) is 3.28. The van der Waals surface area contributed by atoms with Crippen LogP contribution in [0.15, 0.2) is 97.4 Å². The summed E-state index contributed by atoms with van der Waals surface area (Å²) in [5, 5.41) is 0. The molecule has 1 atom stereocenters. The molecule has 178 valence electrons. The maximum Gasteiger partial charge on any atom is 0.103 e. The summed E-state index contributed by atoms with van der Waals surface area (Å²) in [6, 6.07) is 23.2. The van der Waals surface area contributed by atoms with Gasteiger partial charge in [0.05, 0.1) is 6.54 Å². The third-order valence-corrected chi connectivity index (χ3v) is 6.31. The van der Waals surface area contributed by atoms with Crippen molar-refractivity contribution >= 4 is 17.8 Å². The molecule has 4 heteroatoms. The fourth-order valence-electron chi connectivity index (χ4n) is 4.39. The summed E-state index contributed by atoms with van der Waals surface area (Å²) in [4.78, 5) is 7.63. The van der Waals surface area contributed by atoms with Crippen LogP contribution in [0, 0.1) is 11.6 Å². The number of hydrogen-bond donors (Lipinski definition) is 1. The van der Waals surface area contributed by atoms with Crippen LogP contribution in [0.1, 0.15) is 55.1 Å². The van der Waals surface area contributed by atoms with Crippen LogP contribution >= 0.6 is 12.2 Å². The van der Waals surface area contributed by atoms with Gasteiger partial charge in [-0.25, -0.2) is 0 Å². The zero-order valence-corrected chi connectivity index (χ0v) is 21.6. The Labute approximate surface area is 213 Å². The van der Waals surface area contributed by atoms with Crippen molar-refractivity contribution in [1.29, 1.82) is 0 Å². The molecule has 3 nitrogen and oxygen atoms in total. The van der Waals surface area contributed by atoms with Crippen LogP contribution in [-0.4, -0.2) is 14.5 Å². The summed E-state index contributed by atoms with van der Waals surface area (Å²) in [5.41, 5.74) is 8.55. The van der Waals surface area contributed by atoms with E-state index in [-0.39, 0.29) is 0 Å². The van der Waals surface area contributed by atoms with E-state index in [0.29, 0.717) is 5.92 Å². The number of H-pyrrole nitrogens is 1. The monoisotopic (exact) mass is 479 g/mol. The summed E-state index contributed by atoms with van der Waals surface area (Å²) >= 11 is 5.37. The van der Waals surface area contributed by atoms with E-state index in [1.54, 1.807) is 0 Å². The highest BCUT2D eigenvalue weighted by molar-refractivity contribution is 7.71. The van der Waals surface area contributed by atoms with Gasteiger partial charge in [0, 0.05) is 41.0 Å². The molecule has 35 heavy (non-hydrogen) atoms. The van der Waals surface area contributed by atoms with E-state index in [1.165, 1.54) is 40.1 Å². The van der Waals surface area contributed by atoms with Gasteiger partial charge in [-0.2, -0.15) is 0 Å². The molecule has 0 spiro atoms. The Morgan fingerprint density at radius 1 is 0.971 bits per heavy atom. The Morgan fingerprint density at radius 3 is 2.46 bits per heavy atom. The van der Waals surface area contributed by atoms with Gasteiger partial charge < -0.3 is 9.55 Å². The number of benzene rings is 1. The lowest BCUT2D eigenvalue weighted by Gasteiger charge is -2.19. The number of aromatic amines is 1. The molecule has 0 radical (unpaired) electrons. The molecule has 0 bridgehead atoms. The van der Waals surface area contributed by atoms with Crippen molar-refractivity contribution in [3.05, 3.63) is 125 Å². The standard InChI is InChI=1S/C28H25N3S.C3H8/c1-20-6-2-3-9-25(20)27-16-15-26(31(27)19-24-8-4-10-28(32)30-24)22-13-11-21(12-14-22)23-7-5-17-29-18-23;1-3-2/h2-11,13-18,21H,12,19H2,1H3,(H,30,32);3H2,1-2H3. The zero-order valence-electron chi connectivity index (χ0n) is 20.7. The minimum absolute atomic E-state index is 0.372. The molecule has 1 aliphatic rings. The van der Waals surface area contributed by atoms with Gasteiger partial charge >= 0.3 is 0 Å². The van der Waals surface area contributed by atoms with Crippen LogP contribution < -0.4 is 0 Å². The Bertz CT molecular complexity index is 1380. The van der Waals surface area contributed by atoms with Crippen LogP contribution in [0.4, 0.5) is 0 Å². The minimum Gasteiger partial charge on any atom is -0.348 e. The lowest BCUT2D eigenvalue weighted by atomic mass is 9.90.